The van der Waals surface area contributed by atoms with Crippen molar-refractivity contribution in [1.29, 1.82) is 0 Å². The summed E-state index contributed by atoms with van der Waals surface area (Å²) in [7, 11) is -2.31. The van der Waals surface area contributed by atoms with Crippen LogP contribution in [-0.4, -0.2) is 18.5 Å². The Morgan fingerprint density at radius 1 is 1.57 bits per heavy atom. The van der Waals surface area contributed by atoms with Crippen LogP contribution in [0.2, 0.25) is 0 Å². The zero-order valence-electron chi connectivity index (χ0n) is 3.33. The van der Waals surface area contributed by atoms with Gasteiger partial charge in [-0.3, -0.25) is 0 Å². The van der Waals surface area contributed by atoms with E-state index in [-0.39, 0.29) is 0 Å². The Morgan fingerprint density at radius 2 is 2.14 bits per heavy atom. The summed E-state index contributed by atoms with van der Waals surface area (Å²) in [5, 5.41) is 9.58. The second kappa shape index (κ2) is 3.61. The van der Waals surface area contributed by atoms with E-state index < -0.39 is 10.3 Å². The molecule has 1 N–H and O–H groups in total. The number of aliphatic hydroxyl groups is 1. The Morgan fingerprint density at radius 3 is 2.29 bits per heavy atom. The van der Waals surface area contributed by atoms with Gasteiger partial charge in [-0.1, -0.05) is 0 Å². The van der Waals surface area contributed by atoms with E-state index in [4.69, 9.17) is 5.11 Å². The van der Waals surface area contributed by atoms with Gasteiger partial charge in [0.05, 0.1) is 0 Å². The van der Waals surface area contributed by atoms with Crippen molar-refractivity contribution in [1.82, 2.24) is 0 Å². The monoisotopic (exact) mass is 119 g/mol. The molecule has 0 heterocycles. The predicted molar refractivity (Wildman–Crippen MR) is 24.7 cm³/mol. The quantitative estimate of drug-likeness (QED) is 0.467. The van der Waals surface area contributed by atoms with Crippen LogP contribution < -0.4 is 0 Å². The highest BCUT2D eigenvalue weighted by molar-refractivity contribution is 7.70. The van der Waals surface area contributed by atoms with E-state index in [1.54, 1.807) is 5.02 Å². The fraction of sp³-hybridized carbons (Fsp3) is 0. The molecule has 0 spiro atoms. The van der Waals surface area contributed by atoms with Crippen molar-refractivity contribution in [2.75, 3.05) is 0 Å². The molecule has 4 heteroatoms. The third-order valence-corrected chi connectivity index (χ3v) is 0.567. The first-order valence-corrected chi connectivity index (χ1v) is 2.49. The van der Waals surface area contributed by atoms with Gasteiger partial charge < -0.3 is 5.11 Å². The van der Waals surface area contributed by atoms with E-state index in [9.17, 15) is 8.42 Å². The van der Waals surface area contributed by atoms with Crippen LogP contribution in [-0.2, 0) is 10.3 Å². The third-order valence-electron chi connectivity index (χ3n) is 0.239. The van der Waals surface area contributed by atoms with Crippen molar-refractivity contribution in [2.45, 2.75) is 0 Å². The van der Waals surface area contributed by atoms with Gasteiger partial charge in [0.15, 0.2) is 0 Å². The van der Waals surface area contributed by atoms with Crippen molar-refractivity contribution in [3.8, 4) is 0 Å². The van der Waals surface area contributed by atoms with Crippen molar-refractivity contribution >= 4 is 15.3 Å². The summed E-state index contributed by atoms with van der Waals surface area (Å²) in [6, 6.07) is 0. The topological polar surface area (TPSA) is 54.4 Å². The van der Waals surface area contributed by atoms with Gasteiger partial charge in [0, 0.05) is 11.1 Å². The normalized spacial score (nSPS) is 7.00. The average Bonchev–Trinajstić information content (AvgIpc) is 1.61. The Hall–Kier alpha value is -0.570. The van der Waals surface area contributed by atoms with Crippen LogP contribution in [0.1, 0.15) is 0 Å². The highest BCUT2D eigenvalue weighted by Crippen LogP contribution is 1.57. The molecule has 0 fully saturated rings. The SMILES string of the molecule is O=S(=O)=C=C[CH]O. The largest absolute Gasteiger partial charge is 0.385 e. The lowest BCUT2D eigenvalue weighted by Crippen LogP contribution is -1.61. The smallest absolute Gasteiger partial charge is 0.260 e. The van der Waals surface area contributed by atoms with Gasteiger partial charge in [0.1, 0.15) is 6.61 Å². The van der Waals surface area contributed by atoms with E-state index in [1.807, 2.05) is 0 Å². The van der Waals surface area contributed by atoms with Crippen LogP contribution in [0.5, 0.6) is 0 Å². The first kappa shape index (κ1) is 6.43. The summed E-state index contributed by atoms with van der Waals surface area (Å²) in [5.74, 6) is 0. The standard InChI is InChI=1S/C3H3O3S/c4-2-1-3-7(5)6/h1-2,4H. The number of aliphatic hydroxyl groups excluding tert-OH is 1. The summed E-state index contributed by atoms with van der Waals surface area (Å²) < 4.78 is 19.0. The van der Waals surface area contributed by atoms with Crippen LogP contribution in [0.15, 0.2) is 6.08 Å². The molecule has 0 aliphatic carbocycles. The molecule has 3 nitrogen and oxygen atoms in total. The van der Waals surface area contributed by atoms with Crippen LogP contribution in [0.25, 0.3) is 0 Å². The summed E-state index contributed by atoms with van der Waals surface area (Å²) >= 11 is 0. The minimum absolute atomic E-state index is 0.593. The second-order valence-electron chi connectivity index (χ2n) is 0.668. The summed E-state index contributed by atoms with van der Waals surface area (Å²) in [6.45, 7) is 0.593. The number of hydrogen-bond donors (Lipinski definition) is 1. The molecule has 0 amide bonds. The van der Waals surface area contributed by atoms with Gasteiger partial charge in [-0.15, -0.1) is 0 Å². The van der Waals surface area contributed by atoms with E-state index in [2.05, 4.69) is 0 Å². The maximum Gasteiger partial charge on any atom is 0.260 e. The van der Waals surface area contributed by atoms with E-state index in [0.717, 1.165) is 6.08 Å². The zero-order chi connectivity index (χ0) is 5.70. The molecule has 0 aliphatic rings. The summed E-state index contributed by atoms with van der Waals surface area (Å²) in [5.41, 5.74) is 0. The fourth-order valence-electron chi connectivity index (χ4n) is 0.0860. The first-order chi connectivity index (χ1) is 3.27. The molecular weight excluding hydrogens is 116 g/mol. The first-order valence-electron chi connectivity index (χ1n) is 1.42. The minimum Gasteiger partial charge on any atom is -0.385 e. The van der Waals surface area contributed by atoms with Gasteiger partial charge in [-0.05, 0) is 0 Å². The van der Waals surface area contributed by atoms with Crippen LogP contribution in [0, 0.1) is 6.61 Å². The van der Waals surface area contributed by atoms with Crippen molar-refractivity contribution in [3.05, 3.63) is 12.7 Å². The molecule has 0 atom stereocenters. The molecule has 0 saturated carbocycles. The Labute approximate surface area is 42.4 Å². The molecule has 1 radical (unpaired) electrons. The molecule has 0 bridgehead atoms. The summed E-state index contributed by atoms with van der Waals surface area (Å²) in [6.07, 6.45) is 0.892. The minimum atomic E-state index is -2.31. The molecular formula is C3H3O3S. The Kier molecular flexibility index (Phi) is 3.32. The highest BCUT2D eigenvalue weighted by Gasteiger charge is 1.59. The van der Waals surface area contributed by atoms with Crippen LogP contribution in [0.3, 0.4) is 0 Å². The molecule has 0 aromatic carbocycles. The number of rotatable bonds is 1. The third kappa shape index (κ3) is 5.43. The molecule has 0 rings (SSSR count). The van der Waals surface area contributed by atoms with Gasteiger partial charge in [0.2, 0.25) is 0 Å². The van der Waals surface area contributed by atoms with E-state index >= 15 is 0 Å². The highest BCUT2D eigenvalue weighted by atomic mass is 32.2. The fourth-order valence-corrected chi connectivity index (χ4v) is 0.258. The van der Waals surface area contributed by atoms with Crippen molar-refractivity contribution in [3.63, 3.8) is 0 Å². The molecule has 0 aliphatic heterocycles. The van der Waals surface area contributed by atoms with Crippen LogP contribution >= 0.6 is 0 Å². The molecule has 0 saturated heterocycles. The number of hydrogen-bond acceptors (Lipinski definition) is 3. The van der Waals surface area contributed by atoms with Gasteiger partial charge in [-0.2, -0.15) is 8.42 Å². The molecule has 0 aromatic heterocycles. The van der Waals surface area contributed by atoms with Crippen molar-refractivity contribution < 1.29 is 13.5 Å². The van der Waals surface area contributed by atoms with E-state index in [0.29, 0.717) is 6.61 Å². The van der Waals surface area contributed by atoms with E-state index in [1.165, 1.54) is 0 Å². The molecule has 0 aromatic rings. The van der Waals surface area contributed by atoms with Gasteiger partial charge in [-0.25, -0.2) is 0 Å². The molecule has 7 heavy (non-hydrogen) atoms. The lowest BCUT2D eigenvalue weighted by molar-refractivity contribution is 0.422. The zero-order valence-corrected chi connectivity index (χ0v) is 4.14. The molecule has 0 unspecified atom stereocenters. The predicted octanol–water partition coefficient (Wildman–Crippen LogP) is -0.643. The second-order valence-corrected chi connectivity index (χ2v) is 1.37. The Balaban J connectivity index is 4.19. The van der Waals surface area contributed by atoms with Crippen molar-refractivity contribution in [2.24, 2.45) is 0 Å². The Bertz CT molecular complexity index is 174. The molecule has 39 valence electrons. The summed E-state index contributed by atoms with van der Waals surface area (Å²) in [4.78, 5) is 0. The van der Waals surface area contributed by atoms with Crippen LogP contribution in [0.4, 0.5) is 0 Å². The van der Waals surface area contributed by atoms with Gasteiger partial charge in [0.25, 0.3) is 10.3 Å². The lowest BCUT2D eigenvalue weighted by atomic mass is 10.7. The van der Waals surface area contributed by atoms with Gasteiger partial charge >= 0.3 is 0 Å². The lowest BCUT2D eigenvalue weighted by Gasteiger charge is -1.58. The average molecular weight is 119 g/mol. The maximum absolute atomic E-state index is 9.48. The maximum atomic E-state index is 9.48.